The minimum atomic E-state index is 0.954. The Hall–Kier alpha value is -4.04. The molecule has 0 atom stereocenters. The summed E-state index contributed by atoms with van der Waals surface area (Å²) in [6.45, 7) is 0. The van der Waals surface area contributed by atoms with Crippen LogP contribution in [-0.2, 0) is 0 Å². The molecule has 0 amide bonds. The van der Waals surface area contributed by atoms with Crippen molar-refractivity contribution in [1.29, 1.82) is 0 Å². The molecular weight excluding hydrogens is 364 g/mol. The molecule has 4 aromatic carbocycles. The zero-order valence-corrected chi connectivity index (χ0v) is 16.1. The Labute approximate surface area is 173 Å². The minimum absolute atomic E-state index is 0.954. The van der Waals surface area contributed by atoms with Gasteiger partial charge >= 0.3 is 0 Å². The lowest BCUT2D eigenvalue weighted by atomic mass is 9.95. The Bertz CT molecular complexity index is 1690. The minimum Gasteiger partial charge on any atom is -0.254 e. The molecule has 0 spiro atoms. The molecule has 1 aliphatic carbocycles. The van der Waals surface area contributed by atoms with E-state index < -0.39 is 0 Å². The first kappa shape index (κ1) is 15.8. The quantitative estimate of drug-likeness (QED) is 0.222. The highest BCUT2D eigenvalue weighted by Gasteiger charge is 2.14. The molecule has 0 unspecified atom stereocenters. The summed E-state index contributed by atoms with van der Waals surface area (Å²) in [5.74, 6) is 0. The maximum atomic E-state index is 5.03. The van der Waals surface area contributed by atoms with Crippen molar-refractivity contribution in [2.45, 2.75) is 0 Å². The van der Waals surface area contributed by atoms with Gasteiger partial charge in [-0.25, -0.2) is 4.98 Å². The highest BCUT2D eigenvalue weighted by molar-refractivity contribution is 6.15. The van der Waals surface area contributed by atoms with Crippen LogP contribution in [0.3, 0.4) is 0 Å². The summed E-state index contributed by atoms with van der Waals surface area (Å²) >= 11 is 0. The van der Waals surface area contributed by atoms with E-state index in [9.17, 15) is 0 Å². The van der Waals surface area contributed by atoms with Gasteiger partial charge in [0.25, 0.3) is 0 Å². The highest BCUT2D eigenvalue weighted by Crippen LogP contribution is 2.38. The van der Waals surface area contributed by atoms with Crippen LogP contribution in [0.2, 0.25) is 0 Å². The van der Waals surface area contributed by atoms with Crippen molar-refractivity contribution >= 4 is 55.5 Å². The predicted molar refractivity (Wildman–Crippen MR) is 126 cm³/mol. The lowest BCUT2D eigenvalue weighted by Gasteiger charge is -2.10. The van der Waals surface area contributed by atoms with E-state index in [1.807, 2.05) is 12.3 Å². The van der Waals surface area contributed by atoms with Gasteiger partial charge in [0.1, 0.15) is 0 Å². The zero-order chi connectivity index (χ0) is 19.7. The number of pyridine rings is 2. The summed E-state index contributed by atoms with van der Waals surface area (Å²) < 4.78 is 0. The first-order chi connectivity index (χ1) is 14.8. The van der Waals surface area contributed by atoms with E-state index in [4.69, 9.17) is 4.98 Å². The van der Waals surface area contributed by atoms with Crippen LogP contribution in [0.15, 0.2) is 85.1 Å². The molecule has 2 aromatic heterocycles. The monoisotopic (exact) mass is 380 g/mol. The molecule has 0 radical (unpaired) electrons. The van der Waals surface area contributed by atoms with Crippen LogP contribution in [0.25, 0.3) is 66.8 Å². The molecule has 0 N–H and O–H groups in total. The standard InChI is InChI=1S/C28H16N2/c1-3-17-10-12-23-24-16-21(9-8-20(24)15-22(4-1)26(17)23)25-13-11-19-7-6-18-5-2-14-29-27(18)28(19)30-25/h1-16H. The van der Waals surface area contributed by atoms with Gasteiger partial charge in [-0.05, 0) is 56.9 Å². The van der Waals surface area contributed by atoms with E-state index in [1.165, 1.54) is 32.7 Å². The van der Waals surface area contributed by atoms with Crippen molar-refractivity contribution in [1.82, 2.24) is 9.97 Å². The molecule has 1 aliphatic rings. The molecule has 0 bridgehead atoms. The SMILES string of the molecule is C1=Cc2c3cc(-c4ccc5ccc6cccnc6c5n4)ccc3cc3cccc1c23. The average molecular weight is 380 g/mol. The molecule has 0 aliphatic heterocycles. The fraction of sp³-hybridized carbons (Fsp3) is 0. The lowest BCUT2D eigenvalue weighted by molar-refractivity contribution is 1.37. The maximum Gasteiger partial charge on any atom is 0.0972 e. The molecular formula is C28H16N2. The fourth-order valence-corrected chi connectivity index (χ4v) is 4.77. The van der Waals surface area contributed by atoms with E-state index in [-0.39, 0.29) is 0 Å². The second-order valence-corrected chi connectivity index (χ2v) is 7.91. The van der Waals surface area contributed by atoms with Crippen LogP contribution < -0.4 is 0 Å². The van der Waals surface area contributed by atoms with Crippen molar-refractivity contribution in [3.05, 3.63) is 96.2 Å². The van der Waals surface area contributed by atoms with Gasteiger partial charge in [0.2, 0.25) is 0 Å². The molecule has 2 heteroatoms. The Morgan fingerprint density at radius 1 is 0.600 bits per heavy atom. The van der Waals surface area contributed by atoms with Gasteiger partial charge in [0.05, 0.1) is 16.7 Å². The Morgan fingerprint density at radius 3 is 2.40 bits per heavy atom. The molecule has 2 heterocycles. The van der Waals surface area contributed by atoms with Gasteiger partial charge in [-0.2, -0.15) is 0 Å². The molecule has 0 fully saturated rings. The molecule has 30 heavy (non-hydrogen) atoms. The molecule has 138 valence electrons. The number of hydrogen-bond donors (Lipinski definition) is 0. The summed E-state index contributed by atoms with van der Waals surface area (Å²) in [5.41, 5.74) is 6.63. The Kier molecular flexibility index (Phi) is 3.03. The van der Waals surface area contributed by atoms with Crippen molar-refractivity contribution in [3.63, 3.8) is 0 Å². The van der Waals surface area contributed by atoms with Crippen molar-refractivity contribution in [2.24, 2.45) is 0 Å². The van der Waals surface area contributed by atoms with Crippen molar-refractivity contribution in [3.8, 4) is 11.3 Å². The third kappa shape index (κ3) is 2.13. The second kappa shape index (κ2) is 5.74. The van der Waals surface area contributed by atoms with Crippen LogP contribution in [0.4, 0.5) is 0 Å². The predicted octanol–water partition coefficient (Wildman–Crippen LogP) is 7.24. The number of rotatable bonds is 1. The third-order valence-electron chi connectivity index (χ3n) is 6.21. The summed E-state index contributed by atoms with van der Waals surface area (Å²) in [6.07, 6.45) is 6.30. The van der Waals surface area contributed by atoms with Gasteiger partial charge in [-0.15, -0.1) is 0 Å². The number of aromatic nitrogens is 2. The highest BCUT2D eigenvalue weighted by atomic mass is 14.7. The van der Waals surface area contributed by atoms with Gasteiger partial charge < -0.3 is 0 Å². The molecule has 0 saturated carbocycles. The number of hydrogen-bond acceptors (Lipinski definition) is 2. The molecule has 2 nitrogen and oxygen atoms in total. The van der Waals surface area contributed by atoms with Crippen LogP contribution in [0, 0.1) is 0 Å². The smallest absolute Gasteiger partial charge is 0.0972 e. The van der Waals surface area contributed by atoms with Crippen LogP contribution in [0.1, 0.15) is 11.1 Å². The van der Waals surface area contributed by atoms with E-state index >= 15 is 0 Å². The van der Waals surface area contributed by atoms with Gasteiger partial charge in [-0.3, -0.25) is 4.98 Å². The van der Waals surface area contributed by atoms with Gasteiger partial charge in [0, 0.05) is 22.5 Å². The summed E-state index contributed by atoms with van der Waals surface area (Å²) in [5, 5.41) is 7.42. The first-order valence-electron chi connectivity index (χ1n) is 10.2. The number of nitrogens with zero attached hydrogens (tertiary/aromatic N) is 2. The Morgan fingerprint density at radius 2 is 1.43 bits per heavy atom. The fourth-order valence-electron chi connectivity index (χ4n) is 4.77. The second-order valence-electron chi connectivity index (χ2n) is 7.91. The molecule has 7 rings (SSSR count). The van der Waals surface area contributed by atoms with Crippen LogP contribution >= 0.6 is 0 Å². The molecule has 0 saturated heterocycles. The first-order valence-corrected chi connectivity index (χ1v) is 10.2. The number of fused-ring (bicyclic) bond motifs is 5. The van der Waals surface area contributed by atoms with Gasteiger partial charge in [-0.1, -0.05) is 66.7 Å². The summed E-state index contributed by atoms with van der Waals surface area (Å²) in [7, 11) is 0. The third-order valence-corrected chi connectivity index (χ3v) is 6.21. The van der Waals surface area contributed by atoms with E-state index in [1.54, 1.807) is 0 Å². The molecule has 6 aromatic rings. The van der Waals surface area contributed by atoms with E-state index in [0.717, 1.165) is 33.1 Å². The van der Waals surface area contributed by atoms with Crippen LogP contribution in [0.5, 0.6) is 0 Å². The van der Waals surface area contributed by atoms with Crippen LogP contribution in [-0.4, -0.2) is 9.97 Å². The zero-order valence-electron chi connectivity index (χ0n) is 16.1. The van der Waals surface area contributed by atoms with Gasteiger partial charge in [0.15, 0.2) is 0 Å². The Balaban J connectivity index is 1.50. The van der Waals surface area contributed by atoms with E-state index in [2.05, 4.69) is 89.9 Å². The van der Waals surface area contributed by atoms with Crippen molar-refractivity contribution < 1.29 is 0 Å². The van der Waals surface area contributed by atoms with E-state index in [0.29, 0.717) is 0 Å². The largest absolute Gasteiger partial charge is 0.254 e. The normalized spacial score (nSPS) is 12.5. The average Bonchev–Trinajstić information content (AvgIpc) is 3.24. The number of benzene rings is 4. The summed E-state index contributed by atoms with van der Waals surface area (Å²) in [6, 6.07) is 28.0. The topological polar surface area (TPSA) is 25.8 Å². The summed E-state index contributed by atoms with van der Waals surface area (Å²) in [4.78, 5) is 9.62. The van der Waals surface area contributed by atoms with Crippen molar-refractivity contribution in [2.75, 3.05) is 0 Å². The lowest BCUT2D eigenvalue weighted by Crippen LogP contribution is -1.89. The maximum absolute atomic E-state index is 5.03.